The van der Waals surface area contributed by atoms with Crippen LogP contribution in [0.5, 0.6) is 0 Å². The number of hydrogen-bond acceptors (Lipinski definition) is 5. The zero-order chi connectivity index (χ0) is 17.6. The fourth-order valence-corrected chi connectivity index (χ4v) is 3.02. The topological polar surface area (TPSA) is 83.6 Å². The van der Waals surface area contributed by atoms with E-state index in [1.54, 1.807) is 29.1 Å². The highest BCUT2D eigenvalue weighted by atomic mass is 35.5. The van der Waals surface area contributed by atoms with Crippen molar-refractivity contribution in [3.63, 3.8) is 0 Å². The molecule has 0 bridgehead atoms. The third-order valence-corrected chi connectivity index (χ3v) is 4.44. The molecule has 25 heavy (non-hydrogen) atoms. The van der Waals surface area contributed by atoms with Crippen molar-refractivity contribution >= 4 is 35.0 Å². The lowest BCUT2D eigenvalue weighted by atomic mass is 10.2. The molecular formula is C17H12ClN5OS. The largest absolute Gasteiger partial charge is 0.324 e. The fraction of sp³-hybridized carbons (Fsp3) is 0.0588. The summed E-state index contributed by atoms with van der Waals surface area (Å²) in [5, 5.41) is 20.8. The van der Waals surface area contributed by atoms with E-state index >= 15 is 0 Å². The summed E-state index contributed by atoms with van der Waals surface area (Å²) in [5.74, 6) is -0.130. The van der Waals surface area contributed by atoms with Gasteiger partial charge in [-0.3, -0.25) is 9.36 Å². The second-order valence-electron chi connectivity index (χ2n) is 4.96. The number of nitriles is 1. The number of amides is 1. The minimum Gasteiger partial charge on any atom is -0.324 e. The summed E-state index contributed by atoms with van der Waals surface area (Å²) in [4.78, 5) is 12.2. The van der Waals surface area contributed by atoms with Gasteiger partial charge in [0.05, 0.1) is 17.0 Å². The van der Waals surface area contributed by atoms with E-state index in [1.165, 1.54) is 11.8 Å². The molecule has 8 heteroatoms. The third kappa shape index (κ3) is 4.18. The zero-order valence-electron chi connectivity index (χ0n) is 12.9. The van der Waals surface area contributed by atoms with E-state index in [-0.39, 0.29) is 11.7 Å². The zero-order valence-corrected chi connectivity index (χ0v) is 14.5. The summed E-state index contributed by atoms with van der Waals surface area (Å²) >= 11 is 7.17. The molecule has 3 aromatic rings. The number of thioether (sulfide) groups is 1. The molecule has 0 saturated heterocycles. The molecule has 124 valence electrons. The molecule has 6 nitrogen and oxygen atoms in total. The summed E-state index contributed by atoms with van der Waals surface area (Å²) in [6, 6.07) is 16.4. The summed E-state index contributed by atoms with van der Waals surface area (Å²) in [5.41, 5.74) is 1.66. The number of benzene rings is 2. The van der Waals surface area contributed by atoms with E-state index < -0.39 is 0 Å². The first-order valence-electron chi connectivity index (χ1n) is 7.25. The molecule has 1 heterocycles. The average Bonchev–Trinajstić information content (AvgIpc) is 3.09. The van der Waals surface area contributed by atoms with E-state index in [2.05, 4.69) is 15.5 Å². The molecule has 0 saturated carbocycles. The van der Waals surface area contributed by atoms with Crippen LogP contribution in [0.25, 0.3) is 5.69 Å². The molecule has 2 aromatic carbocycles. The van der Waals surface area contributed by atoms with Gasteiger partial charge in [0.1, 0.15) is 12.4 Å². The molecule has 0 unspecified atom stereocenters. The van der Waals surface area contributed by atoms with Crippen LogP contribution >= 0.6 is 23.4 Å². The minimum absolute atomic E-state index is 0.128. The van der Waals surface area contributed by atoms with Gasteiger partial charge in [-0.1, -0.05) is 41.6 Å². The molecule has 0 aliphatic heterocycles. The van der Waals surface area contributed by atoms with Crippen molar-refractivity contribution in [2.45, 2.75) is 5.16 Å². The van der Waals surface area contributed by atoms with Gasteiger partial charge in [-0.2, -0.15) is 5.26 Å². The molecule has 0 fully saturated rings. The van der Waals surface area contributed by atoms with Gasteiger partial charge < -0.3 is 5.32 Å². The summed E-state index contributed by atoms with van der Waals surface area (Å²) in [7, 11) is 0. The van der Waals surface area contributed by atoms with Crippen molar-refractivity contribution in [1.82, 2.24) is 14.8 Å². The Hall–Kier alpha value is -2.82. The lowest BCUT2D eigenvalue weighted by Crippen LogP contribution is -2.15. The van der Waals surface area contributed by atoms with Crippen LogP contribution in [0.2, 0.25) is 5.02 Å². The SMILES string of the molecule is N#Cc1ccc(Cl)cc1NC(=O)CSc1nncn1-c1ccccc1. The number of aromatic nitrogens is 3. The lowest BCUT2D eigenvalue weighted by molar-refractivity contribution is -0.113. The highest BCUT2D eigenvalue weighted by Gasteiger charge is 2.12. The van der Waals surface area contributed by atoms with Crippen LogP contribution in [0.4, 0.5) is 5.69 Å². The molecule has 0 spiro atoms. The Morgan fingerprint density at radius 1 is 1.28 bits per heavy atom. The predicted octanol–water partition coefficient (Wildman–Crippen LogP) is 3.52. The second kappa shape index (κ2) is 7.83. The Labute approximate surface area is 153 Å². The predicted molar refractivity (Wildman–Crippen MR) is 96.9 cm³/mol. The average molecular weight is 370 g/mol. The first-order chi connectivity index (χ1) is 12.2. The van der Waals surface area contributed by atoms with Gasteiger partial charge in [0, 0.05) is 10.7 Å². The number of carbonyl (C=O) groups is 1. The molecule has 0 atom stereocenters. The van der Waals surface area contributed by atoms with Crippen LogP contribution in [0.3, 0.4) is 0 Å². The second-order valence-corrected chi connectivity index (χ2v) is 6.34. The van der Waals surface area contributed by atoms with E-state index in [9.17, 15) is 4.79 Å². The first kappa shape index (κ1) is 17.0. The van der Waals surface area contributed by atoms with Crippen molar-refractivity contribution in [3.8, 4) is 11.8 Å². The molecular weight excluding hydrogens is 358 g/mol. The number of nitrogens with zero attached hydrogens (tertiary/aromatic N) is 4. The Balaban J connectivity index is 1.68. The number of halogens is 1. The normalized spacial score (nSPS) is 10.2. The van der Waals surface area contributed by atoms with E-state index in [0.29, 0.717) is 21.4 Å². The van der Waals surface area contributed by atoms with E-state index in [1.807, 2.05) is 36.4 Å². The molecule has 1 N–H and O–H groups in total. The molecule has 1 amide bonds. The lowest BCUT2D eigenvalue weighted by Gasteiger charge is -2.08. The summed E-state index contributed by atoms with van der Waals surface area (Å²) in [6.07, 6.45) is 1.60. The van der Waals surface area contributed by atoms with Crippen molar-refractivity contribution in [3.05, 3.63) is 65.4 Å². The van der Waals surface area contributed by atoms with Gasteiger partial charge in [-0.25, -0.2) is 0 Å². The smallest absolute Gasteiger partial charge is 0.234 e. The van der Waals surface area contributed by atoms with Gasteiger partial charge in [-0.05, 0) is 30.3 Å². The number of nitrogens with one attached hydrogen (secondary N) is 1. The molecule has 3 rings (SSSR count). The van der Waals surface area contributed by atoms with Crippen molar-refractivity contribution in [2.24, 2.45) is 0 Å². The monoisotopic (exact) mass is 369 g/mol. The molecule has 1 aromatic heterocycles. The van der Waals surface area contributed by atoms with Gasteiger partial charge >= 0.3 is 0 Å². The van der Waals surface area contributed by atoms with Crippen molar-refractivity contribution in [2.75, 3.05) is 11.1 Å². The van der Waals surface area contributed by atoms with Gasteiger partial charge in [0.2, 0.25) is 5.91 Å². The summed E-state index contributed by atoms with van der Waals surface area (Å²) < 4.78 is 1.80. The molecule has 0 aliphatic carbocycles. The number of carbonyl (C=O) groups excluding carboxylic acids is 1. The Bertz CT molecular complexity index is 936. The van der Waals surface area contributed by atoms with Crippen LogP contribution in [-0.4, -0.2) is 26.4 Å². The molecule has 0 radical (unpaired) electrons. The summed E-state index contributed by atoms with van der Waals surface area (Å²) in [6.45, 7) is 0. The van der Waals surface area contributed by atoms with Crippen LogP contribution in [0.15, 0.2) is 60.0 Å². The van der Waals surface area contributed by atoms with Crippen LogP contribution < -0.4 is 5.32 Å². The highest BCUT2D eigenvalue weighted by Crippen LogP contribution is 2.22. The van der Waals surface area contributed by atoms with Crippen LogP contribution in [-0.2, 0) is 4.79 Å². The number of hydrogen-bond donors (Lipinski definition) is 1. The van der Waals surface area contributed by atoms with Gasteiger partial charge in [0.25, 0.3) is 0 Å². The number of rotatable bonds is 5. The maximum atomic E-state index is 12.2. The minimum atomic E-state index is -0.258. The maximum absolute atomic E-state index is 12.2. The van der Waals surface area contributed by atoms with Crippen molar-refractivity contribution < 1.29 is 4.79 Å². The van der Waals surface area contributed by atoms with E-state index in [0.717, 1.165) is 5.69 Å². The highest BCUT2D eigenvalue weighted by molar-refractivity contribution is 7.99. The quantitative estimate of drug-likeness (QED) is 0.695. The fourth-order valence-electron chi connectivity index (χ4n) is 2.12. The number of anilines is 1. The third-order valence-electron chi connectivity index (χ3n) is 3.26. The molecule has 0 aliphatic rings. The van der Waals surface area contributed by atoms with Gasteiger partial charge in [-0.15, -0.1) is 10.2 Å². The maximum Gasteiger partial charge on any atom is 0.234 e. The van der Waals surface area contributed by atoms with Crippen molar-refractivity contribution in [1.29, 1.82) is 5.26 Å². The standard InChI is InChI=1S/C17H12ClN5OS/c18-13-7-6-12(9-19)15(8-13)21-16(24)10-25-17-22-20-11-23(17)14-4-2-1-3-5-14/h1-8,11H,10H2,(H,21,24). The Kier molecular flexibility index (Phi) is 5.33. The van der Waals surface area contributed by atoms with Gasteiger partial charge in [0.15, 0.2) is 5.16 Å². The Morgan fingerprint density at radius 3 is 2.84 bits per heavy atom. The first-order valence-corrected chi connectivity index (χ1v) is 8.61. The van der Waals surface area contributed by atoms with Crippen LogP contribution in [0.1, 0.15) is 5.56 Å². The Morgan fingerprint density at radius 2 is 2.08 bits per heavy atom. The number of para-hydroxylation sites is 1. The van der Waals surface area contributed by atoms with E-state index in [4.69, 9.17) is 16.9 Å². The van der Waals surface area contributed by atoms with Crippen LogP contribution in [0, 0.1) is 11.3 Å².